The van der Waals surface area contributed by atoms with Gasteiger partial charge in [-0.25, -0.2) is 0 Å². The number of benzene rings is 2. The van der Waals surface area contributed by atoms with Crippen molar-refractivity contribution in [2.75, 3.05) is 18.5 Å². The van der Waals surface area contributed by atoms with Crippen LogP contribution in [-0.4, -0.2) is 30.0 Å². The van der Waals surface area contributed by atoms with Gasteiger partial charge in [0.25, 0.3) is 5.91 Å². The third kappa shape index (κ3) is 6.70. The van der Waals surface area contributed by atoms with Gasteiger partial charge in [0.2, 0.25) is 5.91 Å². The number of hydrogen-bond donors (Lipinski definition) is 2. The third-order valence-electron chi connectivity index (χ3n) is 4.44. The lowest BCUT2D eigenvalue weighted by molar-refractivity contribution is -0.385. The molecule has 0 heterocycles. The first-order valence-corrected chi connectivity index (χ1v) is 10.2. The molecule has 0 aliphatic rings. The molecular weight excluding hydrogens is 402 g/mol. The van der Waals surface area contributed by atoms with Gasteiger partial charge >= 0.3 is 5.69 Å². The molecule has 0 saturated heterocycles. The summed E-state index contributed by atoms with van der Waals surface area (Å²) in [6.45, 7) is 4.72. The van der Waals surface area contributed by atoms with Crippen LogP contribution in [0.25, 0.3) is 0 Å². The van der Waals surface area contributed by atoms with Gasteiger partial charge in [0.05, 0.1) is 23.8 Å². The predicted octanol–water partition coefficient (Wildman–Crippen LogP) is 4.30. The van der Waals surface area contributed by atoms with Crippen molar-refractivity contribution in [2.24, 2.45) is 5.73 Å². The standard InChI is InChI=1S/C22H27N3O6/c1-3-5-11-30-19-13-15(21(23)26)7-9-17(19)24-22(27)16-8-10-18(25(28)29)20(14-16)31-12-6-4-2/h7-10,13-14H,3-6,11-12H2,1-2H3,(H2,23,26)(H,24,27). The van der Waals surface area contributed by atoms with Crippen LogP contribution in [0.2, 0.25) is 0 Å². The summed E-state index contributed by atoms with van der Waals surface area (Å²) in [5.41, 5.74) is 5.93. The van der Waals surface area contributed by atoms with Gasteiger partial charge < -0.3 is 20.5 Å². The average Bonchev–Trinajstić information content (AvgIpc) is 2.74. The molecule has 0 fully saturated rings. The van der Waals surface area contributed by atoms with Crippen LogP contribution >= 0.6 is 0 Å². The van der Waals surface area contributed by atoms with Gasteiger partial charge in [-0.3, -0.25) is 19.7 Å². The predicted molar refractivity (Wildman–Crippen MR) is 117 cm³/mol. The highest BCUT2D eigenvalue weighted by Crippen LogP contribution is 2.30. The second-order valence-electron chi connectivity index (χ2n) is 6.87. The number of carbonyl (C=O) groups excluding carboxylic acids is 2. The van der Waals surface area contributed by atoms with Gasteiger partial charge in [-0.2, -0.15) is 0 Å². The zero-order valence-electron chi connectivity index (χ0n) is 17.7. The number of anilines is 1. The van der Waals surface area contributed by atoms with Gasteiger partial charge in [-0.1, -0.05) is 26.7 Å². The first-order chi connectivity index (χ1) is 14.9. The molecule has 9 heteroatoms. The van der Waals surface area contributed by atoms with E-state index in [0.717, 1.165) is 25.7 Å². The number of nitro benzene ring substituents is 1. The Morgan fingerprint density at radius 3 is 2.13 bits per heavy atom. The number of nitrogens with one attached hydrogen (secondary N) is 1. The number of primary amides is 1. The number of carbonyl (C=O) groups is 2. The second kappa shape index (κ2) is 11.5. The summed E-state index contributed by atoms with van der Waals surface area (Å²) in [5, 5.41) is 14.0. The number of nitro groups is 1. The Kier molecular flexibility index (Phi) is 8.80. The maximum atomic E-state index is 12.8. The van der Waals surface area contributed by atoms with Crippen LogP contribution in [0.15, 0.2) is 36.4 Å². The molecule has 0 aromatic heterocycles. The highest BCUT2D eigenvalue weighted by Gasteiger charge is 2.19. The molecule has 2 aromatic rings. The molecule has 2 rings (SSSR count). The molecule has 2 amide bonds. The van der Waals surface area contributed by atoms with Crippen molar-refractivity contribution in [3.8, 4) is 11.5 Å². The molecular formula is C22H27N3O6. The van der Waals surface area contributed by atoms with E-state index < -0.39 is 16.7 Å². The lowest BCUT2D eigenvalue weighted by Crippen LogP contribution is -2.15. The van der Waals surface area contributed by atoms with Crippen LogP contribution < -0.4 is 20.5 Å². The first-order valence-electron chi connectivity index (χ1n) is 10.2. The van der Waals surface area contributed by atoms with Crippen LogP contribution in [0.5, 0.6) is 11.5 Å². The van der Waals surface area contributed by atoms with Gasteiger partial charge in [0.15, 0.2) is 5.75 Å². The molecule has 0 spiro atoms. The molecule has 0 aliphatic carbocycles. The topological polar surface area (TPSA) is 134 Å². The van der Waals surface area contributed by atoms with E-state index in [1.54, 1.807) is 0 Å². The van der Waals surface area contributed by atoms with Crippen molar-refractivity contribution in [1.29, 1.82) is 0 Å². The van der Waals surface area contributed by atoms with E-state index in [0.29, 0.717) is 24.7 Å². The van der Waals surface area contributed by atoms with E-state index in [2.05, 4.69) is 5.32 Å². The number of amides is 2. The smallest absolute Gasteiger partial charge is 0.310 e. The minimum absolute atomic E-state index is 0.0367. The number of nitrogens with zero attached hydrogens (tertiary/aromatic N) is 1. The highest BCUT2D eigenvalue weighted by atomic mass is 16.6. The number of nitrogens with two attached hydrogens (primary N) is 1. The lowest BCUT2D eigenvalue weighted by Gasteiger charge is -2.14. The number of hydrogen-bond acceptors (Lipinski definition) is 6. The van der Waals surface area contributed by atoms with Crippen LogP contribution in [0.4, 0.5) is 11.4 Å². The SMILES string of the molecule is CCCCOc1cc(C(N)=O)ccc1NC(=O)c1ccc([N+](=O)[O-])c(OCCCC)c1. The van der Waals surface area contributed by atoms with Crippen molar-refractivity contribution in [2.45, 2.75) is 39.5 Å². The van der Waals surface area contributed by atoms with Crippen LogP contribution in [0, 0.1) is 10.1 Å². The van der Waals surface area contributed by atoms with Gasteiger partial charge in [-0.15, -0.1) is 0 Å². The zero-order chi connectivity index (χ0) is 22.8. The minimum Gasteiger partial charge on any atom is -0.491 e. The van der Waals surface area contributed by atoms with Crippen molar-refractivity contribution < 1.29 is 24.0 Å². The number of ether oxygens (including phenoxy) is 2. The van der Waals surface area contributed by atoms with E-state index in [1.807, 2.05) is 13.8 Å². The summed E-state index contributed by atoms with van der Waals surface area (Å²) >= 11 is 0. The van der Waals surface area contributed by atoms with E-state index >= 15 is 0 Å². The van der Waals surface area contributed by atoms with Crippen molar-refractivity contribution >= 4 is 23.2 Å². The lowest BCUT2D eigenvalue weighted by atomic mass is 10.1. The maximum absolute atomic E-state index is 12.8. The summed E-state index contributed by atoms with van der Waals surface area (Å²) in [7, 11) is 0. The number of rotatable bonds is 12. The number of unbranched alkanes of at least 4 members (excludes halogenated alkanes) is 2. The molecule has 2 aromatic carbocycles. The van der Waals surface area contributed by atoms with E-state index in [9.17, 15) is 19.7 Å². The Hall–Kier alpha value is -3.62. The third-order valence-corrected chi connectivity index (χ3v) is 4.44. The first kappa shape index (κ1) is 23.7. The Balaban J connectivity index is 2.27. The second-order valence-corrected chi connectivity index (χ2v) is 6.87. The van der Waals surface area contributed by atoms with Crippen LogP contribution in [0.1, 0.15) is 60.2 Å². The fourth-order valence-corrected chi connectivity index (χ4v) is 2.67. The molecule has 166 valence electrons. The largest absolute Gasteiger partial charge is 0.491 e. The molecule has 9 nitrogen and oxygen atoms in total. The Morgan fingerprint density at radius 1 is 0.968 bits per heavy atom. The van der Waals surface area contributed by atoms with Gasteiger partial charge in [-0.05, 0) is 37.1 Å². The highest BCUT2D eigenvalue weighted by molar-refractivity contribution is 6.06. The summed E-state index contributed by atoms with van der Waals surface area (Å²) in [5.74, 6) is -0.751. The van der Waals surface area contributed by atoms with Crippen molar-refractivity contribution in [1.82, 2.24) is 0 Å². The van der Waals surface area contributed by atoms with E-state index in [-0.39, 0.29) is 22.6 Å². The fraction of sp³-hybridized carbons (Fsp3) is 0.364. The van der Waals surface area contributed by atoms with Crippen LogP contribution in [0.3, 0.4) is 0 Å². The Labute approximate surface area is 180 Å². The van der Waals surface area contributed by atoms with E-state index in [1.165, 1.54) is 36.4 Å². The van der Waals surface area contributed by atoms with E-state index in [4.69, 9.17) is 15.2 Å². The van der Waals surface area contributed by atoms with Crippen molar-refractivity contribution in [3.63, 3.8) is 0 Å². The Morgan fingerprint density at radius 2 is 1.55 bits per heavy atom. The normalized spacial score (nSPS) is 10.4. The molecule has 0 aliphatic heterocycles. The quantitative estimate of drug-likeness (QED) is 0.293. The summed E-state index contributed by atoms with van der Waals surface area (Å²) in [6, 6.07) is 8.44. The molecule has 0 unspecified atom stereocenters. The van der Waals surface area contributed by atoms with Crippen LogP contribution in [-0.2, 0) is 0 Å². The molecule has 31 heavy (non-hydrogen) atoms. The summed E-state index contributed by atoms with van der Waals surface area (Å²) in [4.78, 5) is 35.0. The molecule has 3 N–H and O–H groups in total. The maximum Gasteiger partial charge on any atom is 0.310 e. The Bertz CT molecular complexity index is 945. The fourth-order valence-electron chi connectivity index (χ4n) is 2.67. The average molecular weight is 429 g/mol. The summed E-state index contributed by atoms with van der Waals surface area (Å²) < 4.78 is 11.2. The molecule has 0 saturated carbocycles. The van der Waals surface area contributed by atoms with Gasteiger partial charge in [0.1, 0.15) is 5.75 Å². The minimum atomic E-state index is -0.609. The molecule has 0 atom stereocenters. The molecule has 0 bridgehead atoms. The molecule has 0 radical (unpaired) electrons. The zero-order valence-corrected chi connectivity index (χ0v) is 17.7. The monoisotopic (exact) mass is 429 g/mol. The van der Waals surface area contributed by atoms with Gasteiger partial charge in [0, 0.05) is 23.3 Å². The summed E-state index contributed by atoms with van der Waals surface area (Å²) in [6.07, 6.45) is 3.32. The van der Waals surface area contributed by atoms with Crippen molar-refractivity contribution in [3.05, 3.63) is 57.6 Å².